The second-order valence-electron chi connectivity index (χ2n) is 3.76. The summed E-state index contributed by atoms with van der Waals surface area (Å²) in [7, 11) is 0. The predicted octanol–water partition coefficient (Wildman–Crippen LogP) is 1.16. The molecule has 0 bridgehead atoms. The molecule has 2 rings (SSSR count). The fourth-order valence-corrected chi connectivity index (χ4v) is 1.79. The molecule has 2 heterocycles. The van der Waals surface area contributed by atoms with Gasteiger partial charge < -0.3 is 10.6 Å². The number of pyridine rings is 1. The van der Waals surface area contributed by atoms with Crippen molar-refractivity contribution < 1.29 is 4.79 Å². The molecule has 4 nitrogen and oxygen atoms in total. The molecule has 1 aliphatic rings. The summed E-state index contributed by atoms with van der Waals surface area (Å²) in [6.45, 7) is 1.03. The van der Waals surface area contributed by atoms with Gasteiger partial charge in [0.15, 0.2) is 0 Å². The van der Waals surface area contributed by atoms with E-state index >= 15 is 0 Å². The van der Waals surface area contributed by atoms with Crippen molar-refractivity contribution >= 4 is 11.7 Å². The molecule has 0 spiro atoms. The van der Waals surface area contributed by atoms with Crippen molar-refractivity contribution in [3.63, 3.8) is 0 Å². The minimum Gasteiger partial charge on any atom is -0.313 e. The highest BCUT2D eigenvalue weighted by molar-refractivity contribution is 5.90. The van der Waals surface area contributed by atoms with Gasteiger partial charge in [-0.05, 0) is 31.5 Å². The van der Waals surface area contributed by atoms with Gasteiger partial charge in [0.2, 0.25) is 5.91 Å². The van der Waals surface area contributed by atoms with Crippen LogP contribution in [0.15, 0.2) is 24.4 Å². The molecule has 1 aromatic heterocycles. The number of amides is 1. The first kappa shape index (κ1) is 10.1. The molecular weight excluding hydrogens is 190 g/mol. The van der Waals surface area contributed by atoms with E-state index in [1.54, 1.807) is 12.3 Å². The molecule has 80 valence electrons. The maximum absolute atomic E-state index is 11.6. The number of rotatable bonds is 3. The lowest BCUT2D eigenvalue weighted by Gasteiger charge is -2.09. The second kappa shape index (κ2) is 4.89. The van der Waals surface area contributed by atoms with Crippen LogP contribution in [0.5, 0.6) is 0 Å². The van der Waals surface area contributed by atoms with E-state index in [2.05, 4.69) is 15.6 Å². The average molecular weight is 205 g/mol. The van der Waals surface area contributed by atoms with Crippen LogP contribution >= 0.6 is 0 Å². The molecule has 1 aliphatic heterocycles. The average Bonchev–Trinajstić information content (AvgIpc) is 2.71. The normalized spacial score (nSPS) is 20.1. The SMILES string of the molecule is O=C(CC1CCCN1)Nc1ccccn1. The summed E-state index contributed by atoms with van der Waals surface area (Å²) in [6, 6.07) is 5.82. The van der Waals surface area contributed by atoms with E-state index in [1.807, 2.05) is 12.1 Å². The molecule has 0 aliphatic carbocycles. The largest absolute Gasteiger partial charge is 0.313 e. The van der Waals surface area contributed by atoms with Gasteiger partial charge in [0, 0.05) is 18.7 Å². The van der Waals surface area contributed by atoms with Crippen molar-refractivity contribution in [3.05, 3.63) is 24.4 Å². The third kappa shape index (κ3) is 3.02. The maximum atomic E-state index is 11.6. The molecular formula is C11H15N3O. The Morgan fingerprint density at radius 2 is 2.53 bits per heavy atom. The Balaban J connectivity index is 1.82. The smallest absolute Gasteiger partial charge is 0.227 e. The molecule has 1 amide bonds. The van der Waals surface area contributed by atoms with Crippen molar-refractivity contribution in [2.24, 2.45) is 0 Å². The van der Waals surface area contributed by atoms with E-state index in [0.717, 1.165) is 13.0 Å². The zero-order valence-electron chi connectivity index (χ0n) is 8.57. The monoisotopic (exact) mass is 205 g/mol. The first-order chi connectivity index (χ1) is 7.34. The van der Waals surface area contributed by atoms with Crippen LogP contribution in [0.1, 0.15) is 19.3 Å². The number of aromatic nitrogens is 1. The molecule has 4 heteroatoms. The molecule has 1 unspecified atom stereocenters. The molecule has 15 heavy (non-hydrogen) atoms. The highest BCUT2D eigenvalue weighted by atomic mass is 16.1. The summed E-state index contributed by atoms with van der Waals surface area (Å²) < 4.78 is 0. The van der Waals surface area contributed by atoms with Crippen molar-refractivity contribution in [1.29, 1.82) is 0 Å². The first-order valence-electron chi connectivity index (χ1n) is 5.29. The zero-order valence-corrected chi connectivity index (χ0v) is 8.57. The van der Waals surface area contributed by atoms with Gasteiger partial charge in [0.25, 0.3) is 0 Å². The van der Waals surface area contributed by atoms with Crippen LogP contribution in [0.4, 0.5) is 5.82 Å². The lowest BCUT2D eigenvalue weighted by atomic mass is 10.1. The van der Waals surface area contributed by atoms with Crippen LogP contribution in [0.25, 0.3) is 0 Å². The van der Waals surface area contributed by atoms with Crippen molar-refractivity contribution in [3.8, 4) is 0 Å². The van der Waals surface area contributed by atoms with Crippen molar-refractivity contribution in [2.45, 2.75) is 25.3 Å². The van der Waals surface area contributed by atoms with Crippen LogP contribution in [0, 0.1) is 0 Å². The summed E-state index contributed by atoms with van der Waals surface area (Å²) in [4.78, 5) is 15.6. The molecule has 1 saturated heterocycles. The van der Waals surface area contributed by atoms with Crippen LogP contribution < -0.4 is 10.6 Å². The third-order valence-electron chi connectivity index (χ3n) is 2.53. The van der Waals surface area contributed by atoms with Crippen LogP contribution in [0.3, 0.4) is 0 Å². The van der Waals surface area contributed by atoms with E-state index in [4.69, 9.17) is 0 Å². The number of carbonyl (C=O) groups is 1. The summed E-state index contributed by atoms with van der Waals surface area (Å²) >= 11 is 0. The van der Waals surface area contributed by atoms with E-state index in [0.29, 0.717) is 18.3 Å². The third-order valence-corrected chi connectivity index (χ3v) is 2.53. The molecule has 0 saturated carbocycles. The van der Waals surface area contributed by atoms with Crippen molar-refractivity contribution in [1.82, 2.24) is 10.3 Å². The van der Waals surface area contributed by atoms with Gasteiger partial charge in [-0.1, -0.05) is 6.07 Å². The van der Waals surface area contributed by atoms with Gasteiger partial charge >= 0.3 is 0 Å². The quantitative estimate of drug-likeness (QED) is 0.778. The number of hydrogen-bond donors (Lipinski definition) is 2. The molecule has 2 N–H and O–H groups in total. The van der Waals surface area contributed by atoms with Gasteiger partial charge in [0.1, 0.15) is 5.82 Å². The van der Waals surface area contributed by atoms with Crippen LogP contribution in [0.2, 0.25) is 0 Å². The van der Waals surface area contributed by atoms with Gasteiger partial charge in [-0.15, -0.1) is 0 Å². The number of anilines is 1. The Bertz CT molecular complexity index is 320. The summed E-state index contributed by atoms with van der Waals surface area (Å²) in [5.41, 5.74) is 0. The lowest BCUT2D eigenvalue weighted by molar-refractivity contribution is -0.116. The van der Waals surface area contributed by atoms with E-state index < -0.39 is 0 Å². The van der Waals surface area contributed by atoms with Gasteiger partial charge in [-0.3, -0.25) is 4.79 Å². The van der Waals surface area contributed by atoms with Crippen molar-refractivity contribution in [2.75, 3.05) is 11.9 Å². The van der Waals surface area contributed by atoms with Crippen LogP contribution in [-0.4, -0.2) is 23.5 Å². The summed E-state index contributed by atoms with van der Waals surface area (Å²) in [5, 5.41) is 6.07. The Kier molecular flexibility index (Phi) is 3.29. The Labute approximate surface area is 89.1 Å². The van der Waals surface area contributed by atoms with Gasteiger partial charge in [-0.2, -0.15) is 0 Å². The number of hydrogen-bond acceptors (Lipinski definition) is 3. The summed E-state index contributed by atoms with van der Waals surface area (Å²) in [6.07, 6.45) is 4.47. The molecule has 0 aromatic carbocycles. The van der Waals surface area contributed by atoms with Gasteiger partial charge in [-0.25, -0.2) is 4.98 Å². The molecule has 1 atom stereocenters. The van der Waals surface area contributed by atoms with E-state index in [1.165, 1.54) is 6.42 Å². The predicted molar refractivity (Wildman–Crippen MR) is 58.5 cm³/mol. The topological polar surface area (TPSA) is 54.0 Å². The summed E-state index contributed by atoms with van der Waals surface area (Å²) in [5.74, 6) is 0.661. The maximum Gasteiger partial charge on any atom is 0.227 e. The fraction of sp³-hybridized carbons (Fsp3) is 0.455. The zero-order chi connectivity index (χ0) is 10.5. The molecule has 1 aromatic rings. The van der Waals surface area contributed by atoms with Crippen LogP contribution in [-0.2, 0) is 4.79 Å². The Morgan fingerprint density at radius 3 is 3.20 bits per heavy atom. The minimum atomic E-state index is 0.0353. The lowest BCUT2D eigenvalue weighted by Crippen LogP contribution is -2.27. The van der Waals surface area contributed by atoms with E-state index in [9.17, 15) is 4.79 Å². The highest BCUT2D eigenvalue weighted by Crippen LogP contribution is 2.10. The highest BCUT2D eigenvalue weighted by Gasteiger charge is 2.17. The molecule has 0 radical (unpaired) electrons. The fourth-order valence-electron chi connectivity index (χ4n) is 1.79. The first-order valence-corrected chi connectivity index (χ1v) is 5.29. The van der Waals surface area contributed by atoms with E-state index in [-0.39, 0.29) is 5.91 Å². The number of nitrogens with one attached hydrogen (secondary N) is 2. The number of nitrogens with zero attached hydrogens (tertiary/aromatic N) is 1. The Morgan fingerprint density at radius 1 is 1.60 bits per heavy atom. The standard InChI is InChI=1S/C11H15N3O/c15-11(8-9-4-3-7-12-9)14-10-5-1-2-6-13-10/h1-2,5-6,9,12H,3-4,7-8H2,(H,13,14,15). The van der Waals surface area contributed by atoms with Gasteiger partial charge in [0.05, 0.1) is 0 Å². The Hall–Kier alpha value is -1.42. The molecule has 1 fully saturated rings. The minimum absolute atomic E-state index is 0.0353. The number of carbonyl (C=O) groups excluding carboxylic acids is 1. The second-order valence-corrected chi connectivity index (χ2v) is 3.76.